The molecule has 0 saturated heterocycles. The van der Waals surface area contributed by atoms with Crippen LogP contribution < -0.4 is 5.73 Å². The molecule has 0 bridgehead atoms. The van der Waals surface area contributed by atoms with Crippen molar-refractivity contribution in [2.75, 3.05) is 13.1 Å². The van der Waals surface area contributed by atoms with E-state index in [0.717, 1.165) is 18.8 Å². The Morgan fingerprint density at radius 2 is 1.90 bits per heavy atom. The van der Waals surface area contributed by atoms with Crippen LogP contribution in [-0.4, -0.2) is 23.0 Å². The van der Waals surface area contributed by atoms with Crippen molar-refractivity contribution in [3.63, 3.8) is 0 Å². The van der Waals surface area contributed by atoms with Crippen molar-refractivity contribution in [2.45, 2.75) is 26.4 Å². The van der Waals surface area contributed by atoms with E-state index >= 15 is 0 Å². The highest BCUT2D eigenvalue weighted by Crippen LogP contribution is 2.21. The zero-order valence-electron chi connectivity index (χ0n) is 12.3. The summed E-state index contributed by atoms with van der Waals surface area (Å²) in [4.78, 5) is 6.84. The first-order valence-electron chi connectivity index (χ1n) is 7.15. The predicted molar refractivity (Wildman–Crippen MR) is 83.3 cm³/mol. The number of hydrogen-bond acceptors (Lipinski definition) is 3. The quantitative estimate of drug-likeness (QED) is 0.876. The van der Waals surface area contributed by atoms with Gasteiger partial charge in [-0.3, -0.25) is 9.88 Å². The van der Waals surface area contributed by atoms with Gasteiger partial charge < -0.3 is 5.73 Å². The maximum Gasteiger partial charge on any atom is 0.0647 e. The number of likely N-dealkylation sites (N-methyl/N-ethyl adjacent to an activating group) is 1. The number of rotatable bonds is 6. The molecule has 3 heteroatoms. The second kappa shape index (κ2) is 7.17. The van der Waals surface area contributed by atoms with Crippen molar-refractivity contribution in [2.24, 2.45) is 5.73 Å². The van der Waals surface area contributed by atoms with Crippen LogP contribution >= 0.6 is 0 Å². The number of benzene rings is 1. The van der Waals surface area contributed by atoms with Crippen LogP contribution in [0.1, 0.15) is 29.8 Å². The molecule has 0 spiro atoms. The molecule has 0 fully saturated rings. The molecule has 0 radical (unpaired) electrons. The summed E-state index contributed by atoms with van der Waals surface area (Å²) in [6.45, 7) is 6.76. The smallest absolute Gasteiger partial charge is 0.0647 e. The maximum atomic E-state index is 5.99. The summed E-state index contributed by atoms with van der Waals surface area (Å²) in [5.74, 6) is 0. The van der Waals surface area contributed by atoms with Crippen LogP contribution in [0.3, 0.4) is 0 Å². The van der Waals surface area contributed by atoms with Gasteiger partial charge in [0, 0.05) is 19.3 Å². The molecule has 2 rings (SSSR count). The van der Waals surface area contributed by atoms with Crippen molar-refractivity contribution in [1.29, 1.82) is 0 Å². The molecule has 1 heterocycles. The molecule has 1 aromatic heterocycles. The number of pyridine rings is 1. The third-order valence-electron chi connectivity index (χ3n) is 3.73. The third kappa shape index (κ3) is 3.44. The Balaban J connectivity index is 2.20. The lowest BCUT2D eigenvalue weighted by atomic mass is 10.1. The van der Waals surface area contributed by atoms with E-state index in [-0.39, 0.29) is 6.04 Å². The molecule has 3 nitrogen and oxygen atoms in total. The molecule has 0 aliphatic heterocycles. The van der Waals surface area contributed by atoms with E-state index in [4.69, 9.17) is 5.73 Å². The number of nitrogens with two attached hydrogens (primary N) is 1. The van der Waals surface area contributed by atoms with E-state index in [1.54, 1.807) is 0 Å². The lowest BCUT2D eigenvalue weighted by molar-refractivity contribution is 0.199. The Morgan fingerprint density at radius 3 is 2.50 bits per heavy atom. The number of aryl methyl sites for hydroxylation is 1. The molecule has 0 saturated carbocycles. The highest BCUT2D eigenvalue weighted by atomic mass is 15.2. The Morgan fingerprint density at radius 1 is 1.15 bits per heavy atom. The normalized spacial score (nSPS) is 12.6. The Kier molecular flexibility index (Phi) is 5.27. The van der Waals surface area contributed by atoms with Gasteiger partial charge in [-0.2, -0.15) is 0 Å². The summed E-state index contributed by atoms with van der Waals surface area (Å²) in [5.41, 5.74) is 9.71. The zero-order valence-corrected chi connectivity index (χ0v) is 12.3. The number of hydrogen-bond donors (Lipinski definition) is 1. The highest BCUT2D eigenvalue weighted by Gasteiger charge is 2.19. The minimum Gasteiger partial charge on any atom is -0.329 e. The van der Waals surface area contributed by atoms with Gasteiger partial charge in [-0.05, 0) is 36.7 Å². The molecule has 2 N–H and O–H groups in total. The average molecular weight is 269 g/mol. The van der Waals surface area contributed by atoms with Gasteiger partial charge in [0.05, 0.1) is 11.7 Å². The van der Waals surface area contributed by atoms with Crippen molar-refractivity contribution < 1.29 is 0 Å². The number of nitrogens with zero attached hydrogens (tertiary/aromatic N) is 2. The van der Waals surface area contributed by atoms with Gasteiger partial charge in [0.2, 0.25) is 0 Å². The topological polar surface area (TPSA) is 42.1 Å². The van der Waals surface area contributed by atoms with Crippen LogP contribution in [-0.2, 0) is 6.54 Å². The summed E-state index contributed by atoms with van der Waals surface area (Å²) >= 11 is 0. The van der Waals surface area contributed by atoms with Gasteiger partial charge in [0.15, 0.2) is 0 Å². The Labute approximate surface area is 121 Å². The fourth-order valence-corrected chi connectivity index (χ4v) is 2.48. The molecule has 1 aromatic carbocycles. The van der Waals surface area contributed by atoms with E-state index in [9.17, 15) is 0 Å². The first-order valence-corrected chi connectivity index (χ1v) is 7.15. The van der Waals surface area contributed by atoms with Crippen LogP contribution in [0.25, 0.3) is 0 Å². The van der Waals surface area contributed by atoms with Gasteiger partial charge >= 0.3 is 0 Å². The summed E-state index contributed by atoms with van der Waals surface area (Å²) in [7, 11) is 0. The van der Waals surface area contributed by atoms with Crippen LogP contribution in [0, 0.1) is 6.92 Å². The first-order chi connectivity index (χ1) is 9.76. The molecule has 106 valence electrons. The fraction of sp³-hybridized carbons (Fsp3) is 0.353. The molecule has 1 unspecified atom stereocenters. The Hall–Kier alpha value is -1.71. The number of aromatic nitrogens is 1. The average Bonchev–Trinajstić information content (AvgIpc) is 2.50. The van der Waals surface area contributed by atoms with Crippen molar-refractivity contribution in [3.05, 3.63) is 65.5 Å². The summed E-state index contributed by atoms with van der Waals surface area (Å²) < 4.78 is 0. The standard InChI is InChI=1S/C17H23N3/c1-3-20(13-15-9-5-4-8-14(15)2)17(12-18)16-10-6-7-11-19-16/h4-11,17H,3,12-13,18H2,1-2H3. The van der Waals surface area contributed by atoms with Gasteiger partial charge in [-0.1, -0.05) is 37.3 Å². The molecule has 0 aliphatic rings. The van der Waals surface area contributed by atoms with Gasteiger partial charge in [0.1, 0.15) is 0 Å². The molecular formula is C17H23N3. The lowest BCUT2D eigenvalue weighted by Gasteiger charge is -2.30. The van der Waals surface area contributed by atoms with Crippen LogP contribution in [0.4, 0.5) is 0 Å². The second-order valence-electron chi connectivity index (χ2n) is 5.00. The minimum atomic E-state index is 0.167. The fourth-order valence-electron chi connectivity index (χ4n) is 2.48. The monoisotopic (exact) mass is 269 g/mol. The first kappa shape index (κ1) is 14.7. The zero-order chi connectivity index (χ0) is 14.4. The highest BCUT2D eigenvalue weighted by molar-refractivity contribution is 5.25. The van der Waals surface area contributed by atoms with Gasteiger partial charge in [-0.25, -0.2) is 0 Å². The SMILES string of the molecule is CCN(Cc1ccccc1C)C(CN)c1ccccn1. The maximum absolute atomic E-state index is 5.99. The molecule has 0 amide bonds. The summed E-state index contributed by atoms with van der Waals surface area (Å²) in [6, 6.07) is 14.7. The third-order valence-corrected chi connectivity index (χ3v) is 3.73. The molecule has 1 atom stereocenters. The van der Waals surface area contributed by atoms with E-state index in [0.29, 0.717) is 6.54 Å². The van der Waals surface area contributed by atoms with Crippen molar-refractivity contribution in [1.82, 2.24) is 9.88 Å². The predicted octanol–water partition coefficient (Wildman–Crippen LogP) is 2.91. The van der Waals surface area contributed by atoms with Gasteiger partial charge in [-0.15, -0.1) is 0 Å². The van der Waals surface area contributed by atoms with E-state index in [1.807, 2.05) is 18.3 Å². The van der Waals surface area contributed by atoms with Gasteiger partial charge in [0.25, 0.3) is 0 Å². The Bertz CT molecular complexity index is 525. The van der Waals surface area contributed by atoms with E-state index in [1.165, 1.54) is 11.1 Å². The van der Waals surface area contributed by atoms with Crippen LogP contribution in [0.5, 0.6) is 0 Å². The van der Waals surface area contributed by atoms with Crippen LogP contribution in [0.15, 0.2) is 48.7 Å². The van der Waals surface area contributed by atoms with E-state index in [2.05, 4.69) is 54.1 Å². The second-order valence-corrected chi connectivity index (χ2v) is 5.00. The van der Waals surface area contributed by atoms with Crippen molar-refractivity contribution >= 4 is 0 Å². The lowest BCUT2D eigenvalue weighted by Crippen LogP contribution is -2.34. The molecule has 2 aromatic rings. The largest absolute Gasteiger partial charge is 0.329 e. The van der Waals surface area contributed by atoms with E-state index < -0.39 is 0 Å². The molecular weight excluding hydrogens is 246 g/mol. The van der Waals surface area contributed by atoms with Crippen LogP contribution in [0.2, 0.25) is 0 Å². The minimum absolute atomic E-state index is 0.167. The molecule has 0 aliphatic carbocycles. The van der Waals surface area contributed by atoms with Crippen molar-refractivity contribution in [3.8, 4) is 0 Å². The summed E-state index contributed by atoms with van der Waals surface area (Å²) in [6.07, 6.45) is 1.83. The molecule has 20 heavy (non-hydrogen) atoms. The summed E-state index contributed by atoms with van der Waals surface area (Å²) in [5, 5.41) is 0.